The molecule has 1 N–H and O–H groups in total. The molecular formula is C17H9F6N3S. The summed E-state index contributed by atoms with van der Waals surface area (Å²) in [5.41, 5.74) is 0.885. The van der Waals surface area contributed by atoms with Crippen molar-refractivity contribution < 1.29 is 26.3 Å². The largest absolute Gasteiger partial charge is 0.417 e. The van der Waals surface area contributed by atoms with Crippen LogP contribution in [0.25, 0.3) is 11.3 Å². The maximum atomic E-state index is 13.8. The van der Waals surface area contributed by atoms with Crippen LogP contribution in [0.3, 0.4) is 0 Å². The summed E-state index contributed by atoms with van der Waals surface area (Å²) in [4.78, 5) is 4.18. The highest BCUT2D eigenvalue weighted by Crippen LogP contribution is 2.34. The van der Waals surface area contributed by atoms with Crippen molar-refractivity contribution in [3.05, 3.63) is 70.4 Å². The van der Waals surface area contributed by atoms with Crippen LogP contribution in [-0.4, -0.2) is 11.2 Å². The molecule has 0 unspecified atom stereocenters. The summed E-state index contributed by atoms with van der Waals surface area (Å²) in [6.45, 7) is 0. The fourth-order valence-electron chi connectivity index (χ4n) is 2.19. The first-order chi connectivity index (χ1) is 12.8. The molecule has 2 aromatic carbocycles. The lowest BCUT2D eigenvalue weighted by atomic mass is 10.1. The van der Waals surface area contributed by atoms with Crippen LogP contribution in [0.1, 0.15) is 11.1 Å². The maximum Gasteiger partial charge on any atom is 0.417 e. The van der Waals surface area contributed by atoms with E-state index in [0.717, 1.165) is 16.9 Å². The van der Waals surface area contributed by atoms with Crippen molar-refractivity contribution in [1.29, 1.82) is 0 Å². The van der Waals surface area contributed by atoms with E-state index >= 15 is 0 Å². The van der Waals surface area contributed by atoms with Crippen molar-refractivity contribution in [2.45, 2.75) is 6.18 Å². The number of benzene rings is 2. The van der Waals surface area contributed by atoms with Gasteiger partial charge in [-0.2, -0.15) is 18.3 Å². The van der Waals surface area contributed by atoms with Crippen LogP contribution < -0.4 is 5.43 Å². The van der Waals surface area contributed by atoms with Gasteiger partial charge in [-0.1, -0.05) is 30.3 Å². The van der Waals surface area contributed by atoms with Gasteiger partial charge in [0, 0.05) is 16.5 Å². The molecule has 1 aromatic heterocycles. The van der Waals surface area contributed by atoms with Crippen LogP contribution in [0.5, 0.6) is 0 Å². The predicted octanol–water partition coefficient (Wildman–Crippen LogP) is 5.69. The van der Waals surface area contributed by atoms with E-state index in [2.05, 4.69) is 15.5 Å². The molecule has 0 fully saturated rings. The third kappa shape index (κ3) is 4.11. The van der Waals surface area contributed by atoms with Crippen LogP contribution in [0, 0.1) is 17.5 Å². The average Bonchev–Trinajstić information content (AvgIpc) is 3.10. The number of halogens is 6. The van der Waals surface area contributed by atoms with Gasteiger partial charge in [-0.25, -0.2) is 18.2 Å². The summed E-state index contributed by atoms with van der Waals surface area (Å²) in [7, 11) is 0. The van der Waals surface area contributed by atoms with Crippen molar-refractivity contribution in [2.75, 3.05) is 5.43 Å². The molecule has 0 atom stereocenters. The van der Waals surface area contributed by atoms with Crippen molar-refractivity contribution in [3.63, 3.8) is 0 Å². The molecule has 0 saturated carbocycles. The van der Waals surface area contributed by atoms with Crippen LogP contribution in [0.2, 0.25) is 0 Å². The number of nitrogens with one attached hydrogen (secondary N) is 1. The normalized spacial score (nSPS) is 11.9. The molecule has 0 saturated heterocycles. The van der Waals surface area contributed by atoms with Crippen molar-refractivity contribution in [3.8, 4) is 11.3 Å². The van der Waals surface area contributed by atoms with E-state index in [4.69, 9.17) is 0 Å². The summed E-state index contributed by atoms with van der Waals surface area (Å²) in [6.07, 6.45) is -4.65. The number of anilines is 1. The Hall–Kier alpha value is -2.88. The van der Waals surface area contributed by atoms with E-state index in [0.29, 0.717) is 11.9 Å². The average molecular weight is 401 g/mol. The van der Waals surface area contributed by atoms with Crippen LogP contribution in [0.4, 0.5) is 31.5 Å². The first-order valence-electron chi connectivity index (χ1n) is 7.32. The fourth-order valence-corrected chi connectivity index (χ4v) is 2.86. The van der Waals surface area contributed by atoms with Gasteiger partial charge in [0.1, 0.15) is 0 Å². The van der Waals surface area contributed by atoms with Crippen molar-refractivity contribution in [1.82, 2.24) is 4.98 Å². The van der Waals surface area contributed by atoms with Crippen LogP contribution in [0.15, 0.2) is 46.9 Å². The number of rotatable bonds is 4. The number of thiazole rings is 1. The molecule has 140 valence electrons. The van der Waals surface area contributed by atoms with Gasteiger partial charge < -0.3 is 0 Å². The number of hydrogen-bond donors (Lipinski definition) is 1. The predicted molar refractivity (Wildman–Crippen MR) is 90.1 cm³/mol. The van der Waals surface area contributed by atoms with Gasteiger partial charge in [-0.15, -0.1) is 11.3 Å². The van der Waals surface area contributed by atoms with E-state index in [1.165, 1.54) is 0 Å². The summed E-state index contributed by atoms with van der Waals surface area (Å²) in [6, 6.07) is 8.96. The zero-order valence-electron chi connectivity index (χ0n) is 13.2. The number of aromatic nitrogens is 1. The lowest BCUT2D eigenvalue weighted by molar-refractivity contribution is -0.138. The molecule has 0 radical (unpaired) electrons. The summed E-state index contributed by atoms with van der Waals surface area (Å²) in [5.74, 6) is -5.92. The Balaban J connectivity index is 1.85. The molecule has 0 amide bonds. The second-order valence-corrected chi connectivity index (χ2v) is 6.08. The zero-order chi connectivity index (χ0) is 19.6. The zero-order valence-corrected chi connectivity index (χ0v) is 14.0. The Labute approximate surface area is 153 Å². The molecule has 1 heterocycles. The van der Waals surface area contributed by atoms with Gasteiger partial charge in [0.2, 0.25) is 5.13 Å². The summed E-state index contributed by atoms with van der Waals surface area (Å²) in [5, 5.41) is 5.38. The Morgan fingerprint density at radius 1 is 1.04 bits per heavy atom. The number of nitrogens with zero attached hydrogens (tertiary/aromatic N) is 2. The van der Waals surface area contributed by atoms with Gasteiger partial charge in [0.15, 0.2) is 17.5 Å². The molecule has 27 heavy (non-hydrogen) atoms. The minimum absolute atomic E-state index is 0.114. The van der Waals surface area contributed by atoms with E-state index in [1.807, 2.05) is 30.3 Å². The van der Waals surface area contributed by atoms with Crippen molar-refractivity contribution >= 4 is 22.7 Å². The smallest absolute Gasteiger partial charge is 0.253 e. The molecule has 3 aromatic rings. The molecule has 3 nitrogen and oxygen atoms in total. The van der Waals surface area contributed by atoms with Gasteiger partial charge in [0.05, 0.1) is 17.5 Å². The maximum absolute atomic E-state index is 13.8. The molecule has 10 heteroatoms. The molecule has 0 spiro atoms. The molecule has 0 aliphatic rings. The van der Waals surface area contributed by atoms with Crippen molar-refractivity contribution in [2.24, 2.45) is 5.10 Å². The van der Waals surface area contributed by atoms with Crippen LogP contribution >= 0.6 is 11.3 Å². The fraction of sp³-hybridized carbons (Fsp3) is 0.0588. The highest BCUT2D eigenvalue weighted by molar-refractivity contribution is 7.14. The first-order valence-corrected chi connectivity index (χ1v) is 8.20. The first kappa shape index (κ1) is 18.9. The highest BCUT2D eigenvalue weighted by Gasteiger charge is 2.36. The van der Waals surface area contributed by atoms with Gasteiger partial charge in [-0.05, 0) is 6.07 Å². The third-order valence-electron chi connectivity index (χ3n) is 3.43. The number of alkyl halides is 3. The van der Waals surface area contributed by atoms with E-state index in [1.54, 1.807) is 5.38 Å². The Bertz CT molecular complexity index is 982. The SMILES string of the molecule is Fc1cc(C(F)(F)F)c(C=NNc2nc(-c3ccccc3)cs2)c(F)c1F. The lowest BCUT2D eigenvalue weighted by Gasteiger charge is -2.11. The van der Waals surface area contributed by atoms with E-state index in [9.17, 15) is 26.3 Å². The quantitative estimate of drug-likeness (QED) is 0.264. The molecule has 3 rings (SSSR count). The molecule has 0 aliphatic carbocycles. The van der Waals surface area contributed by atoms with E-state index in [-0.39, 0.29) is 11.2 Å². The minimum atomic E-state index is -5.08. The number of hydrazone groups is 1. The molecular weight excluding hydrogens is 392 g/mol. The third-order valence-corrected chi connectivity index (χ3v) is 4.18. The topological polar surface area (TPSA) is 37.3 Å². The van der Waals surface area contributed by atoms with Gasteiger partial charge in [0.25, 0.3) is 0 Å². The highest BCUT2D eigenvalue weighted by atomic mass is 32.1. The Morgan fingerprint density at radius 2 is 1.74 bits per heavy atom. The second kappa shape index (κ2) is 7.39. The lowest BCUT2D eigenvalue weighted by Crippen LogP contribution is -2.13. The summed E-state index contributed by atoms with van der Waals surface area (Å²) < 4.78 is 79.0. The van der Waals surface area contributed by atoms with Crippen LogP contribution in [-0.2, 0) is 6.18 Å². The standard InChI is InChI=1S/C17H9F6N3S/c18-12-6-11(17(21,22)23)10(14(19)15(12)20)7-24-26-16-25-13(8-27-16)9-4-2-1-3-5-9/h1-8H,(H,25,26). The molecule has 0 aliphatic heterocycles. The number of hydrogen-bond acceptors (Lipinski definition) is 4. The monoisotopic (exact) mass is 401 g/mol. The summed E-state index contributed by atoms with van der Waals surface area (Å²) >= 11 is 1.11. The van der Waals surface area contributed by atoms with E-state index < -0.39 is 34.8 Å². The Kier molecular flexibility index (Phi) is 5.17. The van der Waals surface area contributed by atoms with Gasteiger partial charge >= 0.3 is 6.18 Å². The van der Waals surface area contributed by atoms with Gasteiger partial charge in [-0.3, -0.25) is 5.43 Å². The Morgan fingerprint density at radius 3 is 2.41 bits per heavy atom. The second-order valence-electron chi connectivity index (χ2n) is 5.22. The molecule has 0 bridgehead atoms. The minimum Gasteiger partial charge on any atom is -0.253 e.